The molecule has 3 aromatic rings. The number of piperazine rings is 1. The SMILES string of the molecule is Cc1c(N2CCN(C(=O)O)[C@H](C)C2)nc2cc(F)cc(F)c2c1Nc1cncc(N2CCOCC2)c1. The molecule has 2 N–H and O–H groups in total. The number of aromatic nitrogens is 2. The van der Waals surface area contributed by atoms with E-state index < -0.39 is 17.7 Å². The Bertz CT molecular complexity index is 1300. The van der Waals surface area contributed by atoms with Crippen molar-refractivity contribution in [3.8, 4) is 0 Å². The fourth-order valence-electron chi connectivity index (χ4n) is 4.93. The summed E-state index contributed by atoms with van der Waals surface area (Å²) in [7, 11) is 0. The fourth-order valence-corrected chi connectivity index (χ4v) is 4.93. The van der Waals surface area contributed by atoms with Gasteiger partial charge in [-0.15, -0.1) is 0 Å². The molecule has 5 rings (SSSR count). The molecule has 4 heterocycles. The number of carboxylic acid groups (broad SMARTS) is 1. The highest BCUT2D eigenvalue weighted by atomic mass is 19.1. The van der Waals surface area contributed by atoms with Crippen molar-refractivity contribution >= 4 is 39.9 Å². The Kier molecular flexibility index (Phi) is 6.48. The molecule has 2 fully saturated rings. The van der Waals surface area contributed by atoms with Gasteiger partial charge in [-0.3, -0.25) is 4.98 Å². The first kappa shape index (κ1) is 24.0. The van der Waals surface area contributed by atoms with E-state index in [-0.39, 0.29) is 16.9 Å². The van der Waals surface area contributed by atoms with Crippen molar-refractivity contribution in [1.82, 2.24) is 14.9 Å². The molecule has 11 heteroatoms. The minimum absolute atomic E-state index is 0.182. The van der Waals surface area contributed by atoms with Gasteiger partial charge in [0.15, 0.2) is 0 Å². The van der Waals surface area contributed by atoms with Gasteiger partial charge in [-0.25, -0.2) is 18.6 Å². The zero-order valence-electron chi connectivity index (χ0n) is 20.2. The molecule has 2 aliphatic rings. The van der Waals surface area contributed by atoms with Crippen LogP contribution in [0.3, 0.4) is 0 Å². The topological polar surface area (TPSA) is 94.1 Å². The van der Waals surface area contributed by atoms with Crippen molar-refractivity contribution in [3.63, 3.8) is 0 Å². The number of ether oxygens (including phenoxy) is 1. The molecule has 1 atom stereocenters. The number of rotatable bonds is 4. The maximum Gasteiger partial charge on any atom is 0.407 e. The Hall–Kier alpha value is -3.73. The van der Waals surface area contributed by atoms with Gasteiger partial charge >= 0.3 is 6.09 Å². The van der Waals surface area contributed by atoms with Gasteiger partial charge in [-0.1, -0.05) is 0 Å². The minimum atomic E-state index is -0.968. The molecule has 0 spiro atoms. The average Bonchev–Trinajstić information content (AvgIpc) is 2.86. The number of anilines is 4. The number of amides is 1. The molecule has 1 amide bonds. The molecule has 2 saturated heterocycles. The van der Waals surface area contributed by atoms with E-state index in [1.54, 1.807) is 12.4 Å². The van der Waals surface area contributed by atoms with E-state index in [0.717, 1.165) is 24.8 Å². The number of hydrogen-bond donors (Lipinski definition) is 2. The largest absolute Gasteiger partial charge is 0.465 e. The molecule has 0 radical (unpaired) electrons. The number of hydrogen-bond acceptors (Lipinski definition) is 7. The lowest BCUT2D eigenvalue weighted by Gasteiger charge is -2.39. The van der Waals surface area contributed by atoms with Crippen LogP contribution in [0.25, 0.3) is 10.9 Å². The summed E-state index contributed by atoms with van der Waals surface area (Å²) in [6.07, 6.45) is 2.47. The molecule has 0 aliphatic carbocycles. The number of benzene rings is 1. The first-order valence-corrected chi connectivity index (χ1v) is 11.9. The predicted octanol–water partition coefficient (Wildman–Crippen LogP) is 3.99. The predicted molar refractivity (Wildman–Crippen MR) is 133 cm³/mol. The minimum Gasteiger partial charge on any atom is -0.465 e. The fraction of sp³-hybridized carbons (Fsp3) is 0.400. The second-order valence-electron chi connectivity index (χ2n) is 9.14. The molecule has 0 bridgehead atoms. The van der Waals surface area contributed by atoms with E-state index in [9.17, 15) is 14.3 Å². The van der Waals surface area contributed by atoms with Crippen LogP contribution in [-0.4, -0.2) is 78.0 Å². The molecule has 2 aromatic heterocycles. The Balaban J connectivity index is 1.55. The van der Waals surface area contributed by atoms with Crippen LogP contribution in [0.4, 0.5) is 36.5 Å². The number of morpholine rings is 1. The maximum absolute atomic E-state index is 15.1. The van der Waals surface area contributed by atoms with Gasteiger partial charge in [-0.2, -0.15) is 0 Å². The molecular weight excluding hydrogens is 470 g/mol. The van der Waals surface area contributed by atoms with E-state index in [1.165, 1.54) is 11.0 Å². The monoisotopic (exact) mass is 498 g/mol. The molecule has 36 heavy (non-hydrogen) atoms. The van der Waals surface area contributed by atoms with E-state index in [2.05, 4.69) is 20.2 Å². The number of carbonyl (C=O) groups is 1. The van der Waals surface area contributed by atoms with Gasteiger partial charge in [0.05, 0.1) is 53.6 Å². The van der Waals surface area contributed by atoms with Crippen LogP contribution in [0.5, 0.6) is 0 Å². The Labute approximate surface area is 207 Å². The molecule has 9 nitrogen and oxygen atoms in total. The smallest absolute Gasteiger partial charge is 0.407 e. The third-order valence-electron chi connectivity index (χ3n) is 6.76. The summed E-state index contributed by atoms with van der Waals surface area (Å²) in [6, 6.07) is 3.75. The van der Waals surface area contributed by atoms with Crippen LogP contribution in [0, 0.1) is 18.6 Å². The molecule has 0 unspecified atom stereocenters. The van der Waals surface area contributed by atoms with Crippen LogP contribution in [0.2, 0.25) is 0 Å². The number of nitrogens with one attached hydrogen (secondary N) is 1. The first-order valence-electron chi connectivity index (χ1n) is 11.9. The Morgan fingerprint density at radius 2 is 1.89 bits per heavy atom. The van der Waals surface area contributed by atoms with Gasteiger partial charge in [0.25, 0.3) is 0 Å². The molecule has 2 aliphatic heterocycles. The van der Waals surface area contributed by atoms with Crippen LogP contribution in [-0.2, 0) is 4.74 Å². The summed E-state index contributed by atoms with van der Waals surface area (Å²) < 4.78 is 34.7. The normalized spacial score (nSPS) is 18.6. The van der Waals surface area contributed by atoms with E-state index in [0.29, 0.717) is 55.6 Å². The molecule has 0 saturated carbocycles. The van der Waals surface area contributed by atoms with E-state index >= 15 is 4.39 Å². The van der Waals surface area contributed by atoms with Crippen molar-refractivity contribution in [1.29, 1.82) is 0 Å². The van der Waals surface area contributed by atoms with Gasteiger partial charge in [0.1, 0.15) is 17.5 Å². The van der Waals surface area contributed by atoms with Crippen molar-refractivity contribution in [2.45, 2.75) is 19.9 Å². The first-order chi connectivity index (χ1) is 17.3. The lowest BCUT2D eigenvalue weighted by Crippen LogP contribution is -2.54. The number of nitrogens with zero attached hydrogens (tertiary/aromatic N) is 5. The highest BCUT2D eigenvalue weighted by Gasteiger charge is 2.30. The number of pyridine rings is 2. The third kappa shape index (κ3) is 4.58. The molecule has 1 aromatic carbocycles. The van der Waals surface area contributed by atoms with Crippen LogP contribution in [0.1, 0.15) is 12.5 Å². The lowest BCUT2D eigenvalue weighted by atomic mass is 10.1. The summed E-state index contributed by atoms with van der Waals surface area (Å²) in [5.41, 5.74) is 2.92. The Morgan fingerprint density at radius 3 is 2.61 bits per heavy atom. The summed E-state index contributed by atoms with van der Waals surface area (Å²) in [4.78, 5) is 26.0. The van der Waals surface area contributed by atoms with Crippen molar-refractivity contribution in [2.24, 2.45) is 0 Å². The molecule has 190 valence electrons. The summed E-state index contributed by atoms with van der Waals surface area (Å²) in [6.45, 7) is 7.58. The quantitative estimate of drug-likeness (QED) is 0.558. The van der Waals surface area contributed by atoms with Gasteiger partial charge < -0.3 is 29.9 Å². The van der Waals surface area contributed by atoms with Crippen LogP contribution >= 0.6 is 0 Å². The van der Waals surface area contributed by atoms with E-state index in [1.807, 2.05) is 24.8 Å². The van der Waals surface area contributed by atoms with E-state index in [4.69, 9.17) is 4.74 Å². The van der Waals surface area contributed by atoms with Gasteiger partial charge in [0, 0.05) is 56.5 Å². The summed E-state index contributed by atoms with van der Waals surface area (Å²) in [5, 5.41) is 12.9. The van der Waals surface area contributed by atoms with Crippen LogP contribution in [0.15, 0.2) is 30.6 Å². The zero-order valence-corrected chi connectivity index (χ0v) is 20.2. The molecular formula is C25H28F2N6O3. The maximum atomic E-state index is 15.1. The van der Waals surface area contributed by atoms with Crippen molar-refractivity contribution in [2.75, 3.05) is 61.1 Å². The summed E-state index contributed by atoms with van der Waals surface area (Å²) >= 11 is 0. The second-order valence-corrected chi connectivity index (χ2v) is 9.14. The summed E-state index contributed by atoms with van der Waals surface area (Å²) in [5.74, 6) is -0.867. The van der Waals surface area contributed by atoms with Gasteiger partial charge in [0.2, 0.25) is 0 Å². The standard InChI is InChI=1S/C25H28F2N6O3/c1-15-14-32(3-4-33(15)25(34)35)24-16(2)23(22-20(27)9-17(26)10-21(22)30-24)29-18-11-19(13-28-12-18)31-5-7-36-8-6-31/h9-13,15H,3-8,14H2,1-2H3,(H,29,30)(H,34,35)/t15-/m1/s1. The van der Waals surface area contributed by atoms with Crippen molar-refractivity contribution in [3.05, 3.63) is 47.8 Å². The highest BCUT2D eigenvalue weighted by molar-refractivity contribution is 5.97. The number of fused-ring (bicyclic) bond motifs is 1. The number of halogens is 2. The average molecular weight is 499 g/mol. The highest BCUT2D eigenvalue weighted by Crippen LogP contribution is 2.37. The second kappa shape index (κ2) is 9.73. The zero-order chi connectivity index (χ0) is 25.4. The third-order valence-corrected chi connectivity index (χ3v) is 6.76. The Morgan fingerprint density at radius 1 is 1.11 bits per heavy atom. The van der Waals surface area contributed by atoms with Crippen molar-refractivity contribution < 1.29 is 23.4 Å². The van der Waals surface area contributed by atoms with Crippen LogP contribution < -0.4 is 15.1 Å². The lowest BCUT2D eigenvalue weighted by molar-refractivity contribution is 0.122. The van der Waals surface area contributed by atoms with Gasteiger partial charge in [-0.05, 0) is 19.9 Å².